The molecule has 8 heteroatoms. The highest BCUT2D eigenvalue weighted by Gasteiger charge is 2.48. The highest BCUT2D eigenvalue weighted by atomic mass is 16.7. The monoisotopic (exact) mass is 319 g/mol. The van der Waals surface area contributed by atoms with E-state index in [0.717, 1.165) is 0 Å². The van der Waals surface area contributed by atoms with Gasteiger partial charge in [0.15, 0.2) is 18.5 Å². The zero-order valence-corrected chi connectivity index (χ0v) is 13.4. The predicted octanol–water partition coefficient (Wildman–Crippen LogP) is -0.0250. The SMILES string of the molecule is CCOC[C@H]1OC(OCC)[C@H](N)[C@@H](OC(C)=O)[C@@H]1OC(C)=O. The molecule has 1 aliphatic heterocycles. The molecule has 0 amide bonds. The van der Waals surface area contributed by atoms with Crippen molar-refractivity contribution < 1.29 is 33.3 Å². The molecule has 0 bridgehead atoms. The number of esters is 2. The van der Waals surface area contributed by atoms with Crippen LogP contribution >= 0.6 is 0 Å². The van der Waals surface area contributed by atoms with Crippen LogP contribution < -0.4 is 5.73 Å². The Morgan fingerprint density at radius 3 is 2.14 bits per heavy atom. The Labute approximate surface area is 130 Å². The molecule has 0 saturated carbocycles. The number of rotatable bonds is 7. The minimum absolute atomic E-state index is 0.169. The predicted molar refractivity (Wildman–Crippen MR) is 75.9 cm³/mol. The van der Waals surface area contributed by atoms with Gasteiger partial charge >= 0.3 is 11.9 Å². The Morgan fingerprint density at radius 1 is 1.05 bits per heavy atom. The Bertz CT molecular complexity index is 360. The van der Waals surface area contributed by atoms with Crippen LogP contribution in [0.15, 0.2) is 0 Å². The van der Waals surface area contributed by atoms with E-state index in [1.165, 1.54) is 13.8 Å². The van der Waals surface area contributed by atoms with Gasteiger partial charge in [0.2, 0.25) is 0 Å². The molecule has 1 fully saturated rings. The van der Waals surface area contributed by atoms with E-state index >= 15 is 0 Å². The zero-order valence-electron chi connectivity index (χ0n) is 13.4. The summed E-state index contributed by atoms with van der Waals surface area (Å²) in [5, 5.41) is 0. The summed E-state index contributed by atoms with van der Waals surface area (Å²) in [5.74, 6) is -1.04. The first-order valence-electron chi connectivity index (χ1n) is 7.35. The summed E-state index contributed by atoms with van der Waals surface area (Å²) in [6.45, 7) is 7.18. The normalized spacial score (nSPS) is 31.6. The van der Waals surface area contributed by atoms with Gasteiger partial charge in [-0.05, 0) is 13.8 Å². The first-order chi connectivity index (χ1) is 10.4. The van der Waals surface area contributed by atoms with Gasteiger partial charge in [0.05, 0.1) is 12.6 Å². The molecule has 0 radical (unpaired) electrons. The number of nitrogens with two attached hydrogens (primary N) is 1. The van der Waals surface area contributed by atoms with Crippen LogP contribution in [0.3, 0.4) is 0 Å². The summed E-state index contributed by atoms with van der Waals surface area (Å²) in [4.78, 5) is 22.7. The van der Waals surface area contributed by atoms with E-state index in [2.05, 4.69) is 0 Å². The molecule has 2 N–H and O–H groups in total. The van der Waals surface area contributed by atoms with Gasteiger partial charge in [-0.2, -0.15) is 0 Å². The summed E-state index contributed by atoms with van der Waals surface area (Å²) in [6.07, 6.45) is -3.12. The van der Waals surface area contributed by atoms with Crippen LogP contribution in [-0.4, -0.2) is 62.4 Å². The maximum Gasteiger partial charge on any atom is 0.303 e. The molecule has 1 saturated heterocycles. The number of ether oxygens (including phenoxy) is 5. The average molecular weight is 319 g/mol. The van der Waals surface area contributed by atoms with E-state index in [4.69, 9.17) is 29.4 Å². The lowest BCUT2D eigenvalue weighted by atomic mass is 9.97. The van der Waals surface area contributed by atoms with Crippen LogP contribution in [0.1, 0.15) is 27.7 Å². The smallest absolute Gasteiger partial charge is 0.303 e. The fourth-order valence-electron chi connectivity index (χ4n) is 2.28. The fraction of sp³-hybridized carbons (Fsp3) is 0.857. The maximum absolute atomic E-state index is 11.3. The van der Waals surface area contributed by atoms with Gasteiger partial charge in [-0.1, -0.05) is 0 Å². The maximum atomic E-state index is 11.3. The van der Waals surface area contributed by atoms with E-state index in [9.17, 15) is 9.59 Å². The van der Waals surface area contributed by atoms with Crippen LogP contribution in [0.5, 0.6) is 0 Å². The van der Waals surface area contributed by atoms with Gasteiger partial charge < -0.3 is 29.4 Å². The van der Waals surface area contributed by atoms with Crippen LogP contribution in [0.25, 0.3) is 0 Å². The molecular weight excluding hydrogens is 294 g/mol. The molecule has 0 spiro atoms. The number of hydrogen-bond donors (Lipinski definition) is 1. The summed E-state index contributed by atoms with van der Waals surface area (Å²) in [5.41, 5.74) is 6.06. The van der Waals surface area contributed by atoms with Gasteiger partial charge in [-0.15, -0.1) is 0 Å². The molecule has 0 aromatic carbocycles. The topological polar surface area (TPSA) is 106 Å². The minimum Gasteiger partial charge on any atom is -0.457 e. The van der Waals surface area contributed by atoms with Crippen molar-refractivity contribution in [1.82, 2.24) is 0 Å². The van der Waals surface area contributed by atoms with E-state index < -0.39 is 42.6 Å². The average Bonchev–Trinajstić information content (AvgIpc) is 2.43. The van der Waals surface area contributed by atoms with Gasteiger partial charge in [-0.25, -0.2) is 0 Å². The van der Waals surface area contributed by atoms with Crippen molar-refractivity contribution in [3.8, 4) is 0 Å². The van der Waals surface area contributed by atoms with E-state index in [1.807, 2.05) is 6.92 Å². The Morgan fingerprint density at radius 2 is 1.64 bits per heavy atom. The third kappa shape index (κ3) is 5.20. The van der Waals surface area contributed by atoms with Crippen molar-refractivity contribution in [2.75, 3.05) is 19.8 Å². The van der Waals surface area contributed by atoms with Crippen molar-refractivity contribution >= 4 is 11.9 Å². The lowest BCUT2D eigenvalue weighted by Crippen LogP contribution is -2.64. The summed E-state index contributed by atoms with van der Waals surface area (Å²) < 4.78 is 27.0. The second kappa shape index (κ2) is 9.04. The standard InChI is InChI=1S/C14H25NO7/c1-5-18-7-10-12(20-8(3)16)13(21-9(4)17)11(15)14(22-10)19-6-2/h10-14H,5-7,15H2,1-4H3/t10-,11-,12-,13-,14?/m1/s1. The van der Waals surface area contributed by atoms with E-state index in [1.54, 1.807) is 6.92 Å². The van der Waals surface area contributed by atoms with Gasteiger partial charge in [-0.3, -0.25) is 9.59 Å². The molecule has 8 nitrogen and oxygen atoms in total. The molecule has 0 aromatic rings. The Hall–Kier alpha value is -1.22. The summed E-state index contributed by atoms with van der Waals surface area (Å²) in [7, 11) is 0. The van der Waals surface area contributed by atoms with Crippen molar-refractivity contribution in [3.05, 3.63) is 0 Å². The van der Waals surface area contributed by atoms with Crippen LogP contribution in [-0.2, 0) is 33.3 Å². The lowest BCUT2D eigenvalue weighted by molar-refractivity contribution is -0.273. The second-order valence-electron chi connectivity index (χ2n) is 4.88. The molecule has 1 aliphatic rings. The first-order valence-corrected chi connectivity index (χ1v) is 7.35. The highest BCUT2D eigenvalue weighted by Crippen LogP contribution is 2.26. The summed E-state index contributed by atoms with van der Waals surface area (Å²) in [6, 6.07) is -0.772. The van der Waals surface area contributed by atoms with E-state index in [0.29, 0.717) is 13.2 Å². The van der Waals surface area contributed by atoms with Gasteiger partial charge in [0.1, 0.15) is 6.10 Å². The molecule has 1 heterocycles. The fourth-order valence-corrected chi connectivity index (χ4v) is 2.28. The third-order valence-electron chi connectivity index (χ3n) is 3.11. The highest BCUT2D eigenvalue weighted by molar-refractivity contribution is 5.67. The van der Waals surface area contributed by atoms with Crippen LogP contribution in [0.2, 0.25) is 0 Å². The van der Waals surface area contributed by atoms with Gasteiger partial charge in [0.25, 0.3) is 0 Å². The van der Waals surface area contributed by atoms with Crippen molar-refractivity contribution in [1.29, 1.82) is 0 Å². The molecule has 0 aromatic heterocycles. The first kappa shape index (κ1) is 18.8. The molecule has 0 aliphatic carbocycles. The quantitative estimate of drug-likeness (QED) is 0.652. The molecule has 5 atom stereocenters. The molecular formula is C14H25NO7. The zero-order chi connectivity index (χ0) is 16.7. The van der Waals surface area contributed by atoms with Crippen LogP contribution in [0.4, 0.5) is 0 Å². The molecule has 128 valence electrons. The number of carbonyl (C=O) groups is 2. The lowest BCUT2D eigenvalue weighted by Gasteiger charge is -2.43. The van der Waals surface area contributed by atoms with Crippen molar-refractivity contribution in [2.45, 2.75) is 58.3 Å². The Balaban J connectivity index is 2.98. The molecule has 1 rings (SSSR count). The second-order valence-corrected chi connectivity index (χ2v) is 4.88. The van der Waals surface area contributed by atoms with E-state index in [-0.39, 0.29) is 6.61 Å². The largest absolute Gasteiger partial charge is 0.457 e. The van der Waals surface area contributed by atoms with Crippen molar-refractivity contribution in [2.24, 2.45) is 5.73 Å². The Kier molecular flexibility index (Phi) is 7.74. The number of carbonyl (C=O) groups excluding carboxylic acids is 2. The van der Waals surface area contributed by atoms with Crippen molar-refractivity contribution in [3.63, 3.8) is 0 Å². The minimum atomic E-state index is -0.864. The molecule has 22 heavy (non-hydrogen) atoms. The van der Waals surface area contributed by atoms with Gasteiger partial charge in [0, 0.05) is 27.1 Å². The number of hydrogen-bond acceptors (Lipinski definition) is 8. The molecule has 1 unspecified atom stereocenters. The third-order valence-corrected chi connectivity index (χ3v) is 3.11. The summed E-state index contributed by atoms with van der Waals surface area (Å²) >= 11 is 0. The van der Waals surface area contributed by atoms with Crippen LogP contribution in [0, 0.1) is 0 Å².